The van der Waals surface area contributed by atoms with E-state index in [0.717, 1.165) is 16.8 Å². The maximum absolute atomic E-state index is 13.5. The predicted molar refractivity (Wildman–Crippen MR) is 153 cm³/mol. The molecule has 0 aliphatic carbocycles. The average Bonchev–Trinajstić information content (AvgIpc) is 3.00. The van der Waals surface area contributed by atoms with Crippen molar-refractivity contribution in [2.75, 3.05) is 19.0 Å². The van der Waals surface area contributed by atoms with Gasteiger partial charge in [-0.15, -0.1) is 0 Å². The van der Waals surface area contributed by atoms with Crippen molar-refractivity contribution in [2.24, 2.45) is 5.10 Å². The monoisotopic (exact) mass is 590 g/mol. The Morgan fingerprint density at radius 3 is 2.49 bits per heavy atom. The molecule has 0 bridgehead atoms. The molecule has 1 amide bonds. The number of carbonyl (C=O) groups is 1. The van der Waals surface area contributed by atoms with Crippen molar-refractivity contribution < 1.29 is 31.8 Å². The van der Waals surface area contributed by atoms with Gasteiger partial charge in [0.05, 0.1) is 29.8 Å². The van der Waals surface area contributed by atoms with Crippen LogP contribution < -0.4 is 20.3 Å². The summed E-state index contributed by atoms with van der Waals surface area (Å²) >= 11 is 0. The van der Waals surface area contributed by atoms with E-state index in [4.69, 9.17) is 9.47 Å². The fourth-order valence-corrected chi connectivity index (χ4v) is 4.19. The number of amides is 1. The number of methoxy groups -OCH3 is 1. The molecule has 5 rings (SSSR count). The first kappa shape index (κ1) is 29.0. The van der Waals surface area contributed by atoms with Gasteiger partial charge in [0.25, 0.3) is 11.5 Å². The fraction of sp³-hybridized carbons (Fsp3) is 0.0968. The van der Waals surface area contributed by atoms with Crippen LogP contribution in [0.2, 0.25) is 0 Å². The van der Waals surface area contributed by atoms with E-state index in [2.05, 4.69) is 15.4 Å². The van der Waals surface area contributed by atoms with Crippen molar-refractivity contribution in [2.45, 2.75) is 6.18 Å². The number of anilines is 1. The second-order valence-corrected chi connectivity index (χ2v) is 9.12. The number of rotatable bonds is 8. The van der Waals surface area contributed by atoms with Crippen molar-refractivity contribution >= 4 is 28.7 Å². The fourth-order valence-electron chi connectivity index (χ4n) is 4.19. The Hall–Kier alpha value is -5.52. The first-order valence-corrected chi connectivity index (χ1v) is 12.7. The lowest BCUT2D eigenvalue weighted by Gasteiger charge is -2.14. The summed E-state index contributed by atoms with van der Waals surface area (Å²) in [6, 6.07) is 20.8. The molecule has 43 heavy (non-hydrogen) atoms. The number of alkyl halides is 3. The molecule has 0 aliphatic rings. The third kappa shape index (κ3) is 6.53. The molecule has 5 aromatic rings. The van der Waals surface area contributed by atoms with Gasteiger partial charge < -0.3 is 14.8 Å². The molecular weight excluding hydrogens is 568 g/mol. The van der Waals surface area contributed by atoms with Crippen LogP contribution in [0.3, 0.4) is 0 Å². The molecule has 0 aliphatic heterocycles. The summed E-state index contributed by atoms with van der Waals surface area (Å²) in [5.41, 5.74) is -0.562. The minimum atomic E-state index is -4.61. The first-order chi connectivity index (χ1) is 20.6. The van der Waals surface area contributed by atoms with Crippen LogP contribution in [-0.4, -0.2) is 35.5 Å². The molecule has 218 valence electrons. The molecule has 0 fully saturated rings. The van der Waals surface area contributed by atoms with Gasteiger partial charge in [0.1, 0.15) is 5.82 Å². The molecule has 1 heterocycles. The number of nitrogens with zero attached hydrogens (tertiary/aromatic N) is 3. The number of para-hydroxylation sites is 2. The average molecular weight is 591 g/mol. The topological polar surface area (TPSA) is 94.8 Å². The summed E-state index contributed by atoms with van der Waals surface area (Å²) < 4.78 is 65.6. The summed E-state index contributed by atoms with van der Waals surface area (Å²) in [4.78, 5) is 30.4. The molecule has 0 atom stereocenters. The number of aromatic nitrogens is 2. The number of hydrogen-bond acceptors (Lipinski definition) is 6. The van der Waals surface area contributed by atoms with Gasteiger partial charge in [-0.1, -0.05) is 30.3 Å². The van der Waals surface area contributed by atoms with Gasteiger partial charge in [-0.05, 0) is 60.7 Å². The lowest BCUT2D eigenvalue weighted by atomic mass is 10.1. The Kier molecular flexibility index (Phi) is 8.19. The first-order valence-electron chi connectivity index (χ1n) is 12.7. The van der Waals surface area contributed by atoms with E-state index in [-0.39, 0.29) is 33.8 Å². The predicted octanol–water partition coefficient (Wildman–Crippen LogP) is 6.13. The number of ether oxygens (including phenoxy) is 2. The Balaban J connectivity index is 1.52. The Bertz CT molecular complexity index is 1890. The van der Waals surface area contributed by atoms with Crippen LogP contribution in [-0.2, 0) is 11.0 Å². The molecule has 1 N–H and O–H groups in total. The maximum Gasteiger partial charge on any atom is 0.416 e. The van der Waals surface area contributed by atoms with E-state index in [0.29, 0.717) is 11.3 Å². The summed E-state index contributed by atoms with van der Waals surface area (Å²) in [5.74, 6) is -0.743. The van der Waals surface area contributed by atoms with Crippen LogP contribution in [0.25, 0.3) is 22.3 Å². The van der Waals surface area contributed by atoms with Crippen LogP contribution in [0.5, 0.6) is 11.5 Å². The van der Waals surface area contributed by atoms with Crippen molar-refractivity contribution in [3.63, 3.8) is 0 Å². The molecule has 4 aromatic carbocycles. The van der Waals surface area contributed by atoms with Crippen molar-refractivity contribution in [3.8, 4) is 22.9 Å². The third-order valence-electron chi connectivity index (χ3n) is 6.22. The third-order valence-corrected chi connectivity index (χ3v) is 6.22. The minimum absolute atomic E-state index is 0.0226. The molecule has 1 aromatic heterocycles. The Morgan fingerprint density at radius 2 is 1.74 bits per heavy atom. The van der Waals surface area contributed by atoms with Crippen LogP contribution in [0.4, 0.5) is 23.2 Å². The molecule has 0 radical (unpaired) electrons. The molecular formula is C31H22F4N4O4. The van der Waals surface area contributed by atoms with Crippen molar-refractivity contribution in [3.05, 3.63) is 118 Å². The molecule has 0 spiro atoms. The zero-order chi connectivity index (χ0) is 30.6. The van der Waals surface area contributed by atoms with E-state index in [9.17, 15) is 27.2 Å². The largest absolute Gasteiger partial charge is 0.493 e. The molecule has 12 heteroatoms. The smallest absolute Gasteiger partial charge is 0.416 e. The van der Waals surface area contributed by atoms with Gasteiger partial charge in [-0.2, -0.15) is 22.9 Å². The summed E-state index contributed by atoms with van der Waals surface area (Å²) in [6.45, 7) is -0.453. The van der Waals surface area contributed by atoms with E-state index < -0.39 is 35.6 Å². The molecule has 8 nitrogen and oxygen atoms in total. The Morgan fingerprint density at radius 1 is 1.00 bits per heavy atom. The number of hydrogen-bond donors (Lipinski definition) is 1. The van der Waals surface area contributed by atoms with Gasteiger partial charge in [0, 0.05) is 16.8 Å². The van der Waals surface area contributed by atoms with Gasteiger partial charge in [-0.25, -0.2) is 9.37 Å². The van der Waals surface area contributed by atoms with Gasteiger partial charge in [0.15, 0.2) is 23.9 Å². The van der Waals surface area contributed by atoms with Crippen molar-refractivity contribution in [1.29, 1.82) is 0 Å². The van der Waals surface area contributed by atoms with Gasteiger partial charge >= 0.3 is 6.18 Å². The van der Waals surface area contributed by atoms with Crippen molar-refractivity contribution in [1.82, 2.24) is 9.66 Å². The second kappa shape index (κ2) is 12.1. The van der Waals surface area contributed by atoms with E-state index in [1.54, 1.807) is 36.4 Å². The SMILES string of the molecule is COc1cccc(C=Nn2c(-c3cccc(C(F)(F)F)c3)nc3ccccc3c2=O)c1OCC(=O)Nc1ccc(F)cc1. The molecule has 0 saturated heterocycles. The number of nitrogens with one attached hydrogen (secondary N) is 1. The number of carbonyl (C=O) groups excluding carboxylic acids is 1. The number of halogens is 4. The highest BCUT2D eigenvalue weighted by molar-refractivity contribution is 5.92. The van der Waals surface area contributed by atoms with E-state index in [1.165, 1.54) is 55.8 Å². The Labute approximate surface area is 241 Å². The lowest BCUT2D eigenvalue weighted by Crippen LogP contribution is -2.21. The number of benzene rings is 4. The van der Waals surface area contributed by atoms with E-state index in [1.807, 2.05) is 0 Å². The summed E-state index contributed by atoms with van der Waals surface area (Å²) in [7, 11) is 1.39. The quantitative estimate of drug-likeness (QED) is 0.173. The lowest BCUT2D eigenvalue weighted by molar-refractivity contribution is -0.137. The van der Waals surface area contributed by atoms with Gasteiger partial charge in [0.2, 0.25) is 0 Å². The summed E-state index contributed by atoms with van der Waals surface area (Å²) in [5, 5.41) is 7.08. The standard InChI is InChI=1S/C31H22F4N4O4/c1-42-26-11-5-7-20(28(26)43-18-27(40)37-23-14-12-22(32)13-15-23)17-36-39-29(19-6-4-8-21(16-19)31(33,34)35)38-25-10-3-2-9-24(25)30(39)41/h2-17H,18H2,1H3,(H,37,40). The normalized spacial score (nSPS) is 11.6. The molecule has 0 unspecified atom stereocenters. The summed E-state index contributed by atoms with van der Waals surface area (Å²) in [6.07, 6.45) is -3.36. The highest BCUT2D eigenvalue weighted by Crippen LogP contribution is 2.33. The highest BCUT2D eigenvalue weighted by Gasteiger charge is 2.31. The molecule has 0 saturated carbocycles. The second-order valence-electron chi connectivity index (χ2n) is 9.12. The zero-order valence-electron chi connectivity index (χ0n) is 22.4. The van der Waals surface area contributed by atoms with E-state index >= 15 is 0 Å². The van der Waals surface area contributed by atoms with Crippen LogP contribution in [0.1, 0.15) is 11.1 Å². The number of fused-ring (bicyclic) bond motifs is 1. The zero-order valence-corrected chi connectivity index (χ0v) is 22.4. The van der Waals surface area contributed by atoms with Crippen LogP contribution in [0, 0.1) is 5.82 Å². The highest BCUT2D eigenvalue weighted by atomic mass is 19.4. The van der Waals surface area contributed by atoms with Gasteiger partial charge in [-0.3, -0.25) is 9.59 Å². The van der Waals surface area contributed by atoms with Crippen LogP contribution >= 0.6 is 0 Å². The maximum atomic E-state index is 13.5. The minimum Gasteiger partial charge on any atom is -0.493 e. The van der Waals surface area contributed by atoms with Crippen LogP contribution in [0.15, 0.2) is 101 Å².